The van der Waals surface area contributed by atoms with Gasteiger partial charge in [-0.3, -0.25) is 92.1 Å². The normalized spacial score (nSPS) is 17.2. The molecular formula is C73H94F4N22O18. The second kappa shape index (κ2) is 45.0. The van der Waals surface area contributed by atoms with Crippen LogP contribution in [0.1, 0.15) is 82.0 Å². The number of carboxylic acid groups (broad SMARTS) is 3. The van der Waals surface area contributed by atoms with Gasteiger partial charge in [0.15, 0.2) is 0 Å². The van der Waals surface area contributed by atoms with Gasteiger partial charge in [-0.1, -0.05) is 10.4 Å². The molecule has 7 heterocycles. The molecule has 3 aliphatic heterocycles. The molecule has 4 aromatic heterocycles. The number of benzene rings is 1. The average Bonchev–Trinajstić information content (AvgIpc) is 1.82. The minimum absolute atomic E-state index is 0.0129. The van der Waals surface area contributed by atoms with Gasteiger partial charge in [-0.25, -0.2) is 33.5 Å². The molecule has 40 nitrogen and oxygen atoms in total. The largest absolute Gasteiger partial charge is 0.480 e. The zero-order valence-corrected chi connectivity index (χ0v) is 64.4. The molecule has 8 rings (SSSR count). The zero-order chi connectivity index (χ0) is 84.6. The first-order valence-electron chi connectivity index (χ1n) is 37.5. The summed E-state index contributed by atoms with van der Waals surface area (Å²) in [5, 5.41) is 71.2. The number of nitriles is 1. The number of hydrogen-bond donors (Lipinski definition) is 9. The number of carbonyl (C=O) groups excluding carboxylic acids is 8. The van der Waals surface area contributed by atoms with E-state index in [4.69, 9.17) is 25.5 Å². The number of nitrogens with one attached hydrogen (secondary N) is 6. The highest BCUT2D eigenvalue weighted by Gasteiger charge is 2.52. The lowest BCUT2D eigenvalue weighted by molar-refractivity contribution is -0.140. The molecule has 0 saturated carbocycles. The minimum Gasteiger partial charge on any atom is -0.480 e. The second-order valence-electron chi connectivity index (χ2n) is 27.7. The molecule has 0 spiro atoms. The number of amides is 8. The van der Waals surface area contributed by atoms with E-state index < -0.39 is 115 Å². The van der Waals surface area contributed by atoms with E-state index in [-0.39, 0.29) is 212 Å². The number of halogens is 4. The lowest BCUT2D eigenvalue weighted by Gasteiger charge is -2.32. The number of pyridine rings is 2. The second-order valence-corrected chi connectivity index (χ2v) is 27.7. The van der Waals surface area contributed by atoms with Gasteiger partial charge in [-0.15, -0.1) is 10.2 Å². The first kappa shape index (κ1) is 90.9. The molecule has 8 amide bonds. The molecule has 3 saturated heterocycles. The SMILES string of the molecule is [C-]#[N+][C@@H]1CC(F)(F)CN1C(=O)[C@H](C)NC(=O)c1ccnc(CNC(=O)CCOCCOCCn2cc(-c3cc(C(=O)NCCNC(=O)CN4CCN(CC(=O)O)CCN(CC(=O)O)CCN(CC(=O)O)CC4)cc(-c4cn(CCOCCOCCC(=O)NCc5cc(C(=O)N[C@@H](C)C(=O)N6CC(F)(F)C[C@@H]6C#N)ccn5)nn4)c3)nn2)c1. The number of nitrogens with zero attached hydrogens (tertiary/aromatic N) is 16. The Bertz CT molecular complexity index is 4120. The molecule has 5 aromatic rings. The van der Waals surface area contributed by atoms with Gasteiger partial charge in [0.2, 0.25) is 23.6 Å². The maximum absolute atomic E-state index is 14.1. The molecule has 4 atom stereocenters. The van der Waals surface area contributed by atoms with E-state index in [0.29, 0.717) is 33.9 Å². The fourth-order valence-electron chi connectivity index (χ4n) is 12.4. The molecule has 0 bridgehead atoms. The Morgan fingerprint density at radius 2 is 0.940 bits per heavy atom. The molecule has 3 fully saturated rings. The van der Waals surface area contributed by atoms with Gasteiger partial charge >= 0.3 is 24.1 Å². The molecule has 632 valence electrons. The summed E-state index contributed by atoms with van der Waals surface area (Å²) in [5.74, 6) is -14.5. The van der Waals surface area contributed by atoms with Crippen LogP contribution in [0.5, 0.6) is 0 Å². The minimum atomic E-state index is -3.22. The average molecular weight is 1640 g/mol. The highest BCUT2D eigenvalue weighted by molar-refractivity contribution is 5.99. The van der Waals surface area contributed by atoms with Gasteiger partial charge < -0.3 is 71.1 Å². The molecule has 3 aliphatic rings. The summed E-state index contributed by atoms with van der Waals surface area (Å²) in [6.07, 6.45) is 2.97. The van der Waals surface area contributed by atoms with E-state index in [2.05, 4.69) is 67.3 Å². The number of alkyl halides is 4. The number of carboxylic acids is 3. The number of ether oxygens (including phenoxy) is 4. The predicted molar refractivity (Wildman–Crippen MR) is 399 cm³/mol. The van der Waals surface area contributed by atoms with Gasteiger partial charge in [0, 0.05) is 125 Å². The highest BCUT2D eigenvalue weighted by Crippen LogP contribution is 2.34. The van der Waals surface area contributed by atoms with Crippen LogP contribution in [-0.4, -0.2) is 344 Å². The summed E-state index contributed by atoms with van der Waals surface area (Å²) in [6, 6.07) is 8.43. The summed E-state index contributed by atoms with van der Waals surface area (Å²) in [5.41, 5.74) is 2.65. The fraction of sp³-hybridized carbons (Fsp3) is 0.548. The van der Waals surface area contributed by atoms with Crippen molar-refractivity contribution in [2.24, 2.45) is 0 Å². The van der Waals surface area contributed by atoms with Crippen LogP contribution in [-0.2, 0) is 83.5 Å². The van der Waals surface area contributed by atoms with Crippen molar-refractivity contribution >= 4 is 65.2 Å². The molecule has 1 aromatic carbocycles. The quantitative estimate of drug-likeness (QED) is 0.0127. The third kappa shape index (κ3) is 30.5. The Kier molecular flexibility index (Phi) is 35.0. The molecule has 0 aliphatic carbocycles. The Balaban J connectivity index is 0.792. The third-order valence-corrected chi connectivity index (χ3v) is 18.5. The van der Waals surface area contributed by atoms with Gasteiger partial charge in [0.05, 0.1) is 148 Å². The summed E-state index contributed by atoms with van der Waals surface area (Å²) >= 11 is 0. The van der Waals surface area contributed by atoms with Gasteiger partial charge in [0.1, 0.15) is 35.9 Å². The smallest absolute Gasteiger partial charge is 0.317 e. The molecule has 0 radical (unpaired) electrons. The lowest BCUT2D eigenvalue weighted by Crippen LogP contribution is -2.50. The summed E-state index contributed by atoms with van der Waals surface area (Å²) < 4.78 is 81.6. The Morgan fingerprint density at radius 3 is 1.38 bits per heavy atom. The Labute approximate surface area is 668 Å². The van der Waals surface area contributed by atoms with Crippen LogP contribution >= 0.6 is 0 Å². The van der Waals surface area contributed by atoms with Crippen molar-refractivity contribution in [1.82, 2.24) is 101 Å². The Morgan fingerprint density at radius 1 is 0.530 bits per heavy atom. The van der Waals surface area contributed by atoms with Crippen LogP contribution in [0.4, 0.5) is 17.6 Å². The van der Waals surface area contributed by atoms with Crippen molar-refractivity contribution in [3.05, 3.63) is 107 Å². The van der Waals surface area contributed by atoms with Crippen molar-refractivity contribution in [3.8, 4) is 28.6 Å². The third-order valence-electron chi connectivity index (χ3n) is 18.5. The van der Waals surface area contributed by atoms with E-state index in [0.717, 1.165) is 9.80 Å². The van der Waals surface area contributed by atoms with Crippen LogP contribution in [0.2, 0.25) is 0 Å². The summed E-state index contributed by atoms with van der Waals surface area (Å²) in [4.78, 5) is 159. The summed E-state index contributed by atoms with van der Waals surface area (Å²) in [7, 11) is 0. The van der Waals surface area contributed by atoms with Crippen LogP contribution < -0.4 is 31.9 Å². The monoisotopic (exact) mass is 1640 g/mol. The molecule has 9 N–H and O–H groups in total. The predicted octanol–water partition coefficient (Wildman–Crippen LogP) is -1.10. The first-order chi connectivity index (χ1) is 55.9. The van der Waals surface area contributed by atoms with E-state index >= 15 is 0 Å². The van der Waals surface area contributed by atoms with E-state index in [1.807, 2.05) is 0 Å². The molecule has 44 heteroatoms. The lowest BCUT2D eigenvalue weighted by atomic mass is 10.0. The summed E-state index contributed by atoms with van der Waals surface area (Å²) in [6.45, 7) is 9.80. The molecule has 117 heavy (non-hydrogen) atoms. The molecule has 0 unspecified atom stereocenters. The fourth-order valence-corrected chi connectivity index (χ4v) is 12.4. The topological polar surface area (TPSA) is 492 Å². The van der Waals surface area contributed by atoms with Crippen molar-refractivity contribution < 1.29 is 105 Å². The van der Waals surface area contributed by atoms with Gasteiger partial charge in [-0.2, -0.15) is 5.26 Å². The van der Waals surface area contributed by atoms with Crippen molar-refractivity contribution in [2.75, 3.05) is 158 Å². The molecular weight excluding hydrogens is 1550 g/mol. The zero-order valence-electron chi connectivity index (χ0n) is 64.4. The first-order valence-corrected chi connectivity index (χ1v) is 37.5. The van der Waals surface area contributed by atoms with Crippen LogP contribution in [0.25, 0.3) is 27.4 Å². The highest BCUT2D eigenvalue weighted by atomic mass is 19.3. The van der Waals surface area contributed by atoms with E-state index in [9.17, 15) is 90.9 Å². The van der Waals surface area contributed by atoms with Crippen LogP contribution in [0.3, 0.4) is 0 Å². The number of aliphatic carboxylic acids is 3. The number of aromatic nitrogens is 8. The van der Waals surface area contributed by atoms with Gasteiger partial charge in [-0.05, 0) is 56.3 Å². The maximum Gasteiger partial charge on any atom is 0.317 e. The number of likely N-dealkylation sites (tertiary alicyclic amines) is 2. The standard InChI is InChI=1S/C73H94F4N22O18/c1-48(70(112)98-46-72(74,75)35-57(98)37-78)86-68(110)50-4-8-80-55(33-50)38-84-61(100)6-22-114-26-28-116-24-20-96-40-58(88-90-96)52-30-53(32-54(31-52)67(109)83-11-10-82-63(102)42-92-12-14-93(43-64(103)104)16-18-95(45-66(107)108)19-17-94(15-13-92)44-65(105)106)59-41-97(91-89-59)21-25-117-29-27-115-23-7-62(101)85-39-56-34-51(5-9-81-56)69(111)87-49(2)71(113)99-47-73(76,77)36-60(99)79-3/h4-5,8-9,30-34,40-41,48-49,57,60H,6-7,10-29,35-36,38-39,42-47H2,1-2H3,(H,82,102)(H,83,109)(H,84,100)(H,85,101)(H,86,110)(H,87,111)(H,103,104)(H,105,106)(H,107,108)/t48-,49-,57+,60-/m0/s1. The van der Waals surface area contributed by atoms with Crippen molar-refractivity contribution in [3.63, 3.8) is 0 Å². The van der Waals surface area contributed by atoms with Crippen molar-refractivity contribution in [1.29, 1.82) is 5.26 Å². The maximum atomic E-state index is 14.1. The van der Waals surface area contributed by atoms with Gasteiger partial charge in [0.25, 0.3) is 35.5 Å². The number of carbonyl (C=O) groups is 11. The Hall–Kier alpha value is -11.7. The number of hydrogen-bond acceptors (Lipinski definition) is 26. The van der Waals surface area contributed by atoms with Crippen molar-refractivity contribution in [2.45, 2.75) is 102 Å². The van der Waals surface area contributed by atoms with Crippen LogP contribution in [0.15, 0.2) is 67.3 Å². The van der Waals surface area contributed by atoms with E-state index in [1.54, 1.807) is 56.3 Å². The van der Waals surface area contributed by atoms with E-state index in [1.165, 1.54) is 59.9 Å². The number of rotatable bonds is 42. The van der Waals surface area contributed by atoms with Crippen LogP contribution in [0, 0.1) is 17.9 Å².